The van der Waals surface area contributed by atoms with Crippen molar-refractivity contribution < 1.29 is 19.1 Å². The van der Waals surface area contributed by atoms with E-state index >= 15 is 0 Å². The first kappa shape index (κ1) is 17.1. The normalized spacial score (nSPS) is 11.8. The highest BCUT2D eigenvalue weighted by atomic mass is 16.5. The number of carbonyl (C=O) groups is 2. The molecule has 1 rings (SSSR count). The van der Waals surface area contributed by atoms with Crippen molar-refractivity contribution in [1.82, 2.24) is 10.3 Å². The number of esters is 1. The Kier molecular flexibility index (Phi) is 7.39. The molecule has 0 aliphatic rings. The van der Waals surface area contributed by atoms with E-state index in [9.17, 15) is 9.59 Å². The topological polar surface area (TPSA) is 77.5 Å². The highest BCUT2D eigenvalue weighted by Gasteiger charge is 2.11. The van der Waals surface area contributed by atoms with Crippen LogP contribution in [0.2, 0.25) is 0 Å². The molecule has 0 unspecified atom stereocenters. The molecule has 0 spiro atoms. The van der Waals surface area contributed by atoms with Crippen molar-refractivity contribution in [1.29, 1.82) is 0 Å². The Hall–Kier alpha value is -1.95. The molecule has 0 radical (unpaired) electrons. The number of pyridine rings is 1. The SMILES string of the molecule is CCOCc1ccc(C(=O)NCC(=O)O[C@H](C)CC)cn1. The van der Waals surface area contributed by atoms with Gasteiger partial charge in [-0.05, 0) is 32.4 Å². The first-order valence-corrected chi connectivity index (χ1v) is 7.07. The van der Waals surface area contributed by atoms with Crippen LogP contribution in [0.5, 0.6) is 0 Å². The lowest BCUT2D eigenvalue weighted by Crippen LogP contribution is -2.32. The van der Waals surface area contributed by atoms with Gasteiger partial charge in [-0.3, -0.25) is 14.6 Å². The molecular weight excluding hydrogens is 272 g/mol. The monoisotopic (exact) mass is 294 g/mol. The maximum absolute atomic E-state index is 11.8. The quantitative estimate of drug-likeness (QED) is 0.738. The van der Waals surface area contributed by atoms with Crippen molar-refractivity contribution in [2.75, 3.05) is 13.2 Å². The minimum atomic E-state index is -0.446. The second-order valence-corrected chi connectivity index (χ2v) is 4.57. The van der Waals surface area contributed by atoms with Crippen molar-refractivity contribution in [2.24, 2.45) is 0 Å². The van der Waals surface area contributed by atoms with Crippen LogP contribution in [0.15, 0.2) is 18.3 Å². The van der Waals surface area contributed by atoms with Crippen LogP contribution in [0.25, 0.3) is 0 Å². The summed E-state index contributed by atoms with van der Waals surface area (Å²) in [5.74, 6) is -0.801. The van der Waals surface area contributed by atoms with Crippen LogP contribution in [-0.2, 0) is 20.9 Å². The van der Waals surface area contributed by atoms with Gasteiger partial charge in [-0.15, -0.1) is 0 Å². The smallest absolute Gasteiger partial charge is 0.325 e. The molecule has 1 atom stereocenters. The summed E-state index contributed by atoms with van der Waals surface area (Å²) in [6.45, 7) is 6.51. The number of hydrogen-bond acceptors (Lipinski definition) is 5. The fourth-order valence-corrected chi connectivity index (χ4v) is 1.45. The van der Waals surface area contributed by atoms with E-state index in [0.29, 0.717) is 18.8 Å². The lowest BCUT2D eigenvalue weighted by Gasteiger charge is -2.11. The van der Waals surface area contributed by atoms with E-state index in [0.717, 1.165) is 12.1 Å². The zero-order chi connectivity index (χ0) is 15.7. The van der Waals surface area contributed by atoms with E-state index < -0.39 is 5.97 Å². The maximum Gasteiger partial charge on any atom is 0.325 e. The third-order valence-corrected chi connectivity index (χ3v) is 2.84. The number of ether oxygens (including phenoxy) is 2. The van der Waals surface area contributed by atoms with Crippen LogP contribution in [0, 0.1) is 0 Å². The number of nitrogens with one attached hydrogen (secondary N) is 1. The molecule has 1 aromatic rings. The summed E-state index contributed by atoms with van der Waals surface area (Å²) in [6, 6.07) is 3.37. The lowest BCUT2D eigenvalue weighted by atomic mass is 10.2. The van der Waals surface area contributed by atoms with E-state index in [2.05, 4.69) is 10.3 Å². The van der Waals surface area contributed by atoms with Crippen LogP contribution in [0.4, 0.5) is 0 Å². The van der Waals surface area contributed by atoms with Gasteiger partial charge in [-0.1, -0.05) is 6.92 Å². The largest absolute Gasteiger partial charge is 0.461 e. The molecule has 0 saturated carbocycles. The predicted octanol–water partition coefficient (Wildman–Crippen LogP) is 1.69. The third kappa shape index (κ3) is 6.35. The molecule has 0 saturated heterocycles. The fraction of sp³-hybridized carbons (Fsp3) is 0.533. The van der Waals surface area contributed by atoms with Gasteiger partial charge in [-0.2, -0.15) is 0 Å². The zero-order valence-electron chi connectivity index (χ0n) is 12.7. The molecular formula is C15H22N2O4. The van der Waals surface area contributed by atoms with Crippen molar-refractivity contribution in [3.63, 3.8) is 0 Å². The number of carbonyl (C=O) groups excluding carboxylic acids is 2. The summed E-state index contributed by atoms with van der Waals surface area (Å²) < 4.78 is 10.3. The molecule has 0 aliphatic carbocycles. The Labute approximate surface area is 124 Å². The van der Waals surface area contributed by atoms with E-state index in [1.807, 2.05) is 13.8 Å². The molecule has 1 heterocycles. The van der Waals surface area contributed by atoms with Crippen LogP contribution in [0.1, 0.15) is 43.2 Å². The summed E-state index contributed by atoms with van der Waals surface area (Å²) in [5.41, 5.74) is 1.15. The van der Waals surface area contributed by atoms with Crippen molar-refractivity contribution in [3.8, 4) is 0 Å². The van der Waals surface area contributed by atoms with Gasteiger partial charge in [0.1, 0.15) is 6.54 Å². The molecule has 1 N–H and O–H groups in total. The van der Waals surface area contributed by atoms with Gasteiger partial charge in [0.2, 0.25) is 0 Å². The second-order valence-electron chi connectivity index (χ2n) is 4.57. The molecule has 0 aromatic carbocycles. The molecule has 1 amide bonds. The summed E-state index contributed by atoms with van der Waals surface area (Å²) in [7, 11) is 0. The highest BCUT2D eigenvalue weighted by molar-refractivity contribution is 5.95. The zero-order valence-corrected chi connectivity index (χ0v) is 12.7. The fourth-order valence-electron chi connectivity index (χ4n) is 1.45. The minimum Gasteiger partial charge on any atom is -0.461 e. The van der Waals surface area contributed by atoms with Crippen molar-refractivity contribution >= 4 is 11.9 Å². The Balaban J connectivity index is 2.43. The van der Waals surface area contributed by atoms with E-state index in [1.54, 1.807) is 19.1 Å². The number of amides is 1. The lowest BCUT2D eigenvalue weighted by molar-refractivity contribution is -0.147. The van der Waals surface area contributed by atoms with E-state index in [4.69, 9.17) is 9.47 Å². The Morgan fingerprint density at radius 3 is 2.67 bits per heavy atom. The van der Waals surface area contributed by atoms with Gasteiger partial charge in [0, 0.05) is 12.8 Å². The van der Waals surface area contributed by atoms with Crippen LogP contribution >= 0.6 is 0 Å². The Bertz CT molecular complexity index is 459. The van der Waals surface area contributed by atoms with Crippen LogP contribution < -0.4 is 5.32 Å². The first-order valence-electron chi connectivity index (χ1n) is 7.07. The van der Waals surface area contributed by atoms with Gasteiger partial charge < -0.3 is 14.8 Å². The number of rotatable bonds is 8. The van der Waals surface area contributed by atoms with Gasteiger partial charge in [0.05, 0.1) is 24.0 Å². The average Bonchev–Trinajstić information content (AvgIpc) is 2.50. The van der Waals surface area contributed by atoms with Crippen molar-refractivity contribution in [2.45, 2.75) is 39.9 Å². The molecule has 6 heteroatoms. The molecule has 0 fully saturated rings. The Morgan fingerprint density at radius 2 is 2.10 bits per heavy atom. The highest BCUT2D eigenvalue weighted by Crippen LogP contribution is 2.02. The summed E-state index contributed by atoms with van der Waals surface area (Å²) >= 11 is 0. The second kappa shape index (κ2) is 9.07. The number of nitrogens with zero attached hydrogens (tertiary/aromatic N) is 1. The summed E-state index contributed by atoms with van der Waals surface area (Å²) in [5, 5.41) is 2.51. The standard InChI is InChI=1S/C15H22N2O4/c1-4-11(3)21-14(18)9-17-15(19)12-6-7-13(16-8-12)10-20-5-2/h6-8,11H,4-5,9-10H2,1-3H3,(H,17,19)/t11-/m1/s1. The van der Waals surface area contributed by atoms with E-state index in [-0.39, 0.29) is 18.6 Å². The number of aromatic nitrogens is 1. The average molecular weight is 294 g/mol. The summed E-state index contributed by atoms with van der Waals surface area (Å²) in [4.78, 5) is 27.4. The predicted molar refractivity (Wildman–Crippen MR) is 77.7 cm³/mol. The van der Waals surface area contributed by atoms with Gasteiger partial charge >= 0.3 is 5.97 Å². The molecule has 0 aliphatic heterocycles. The van der Waals surface area contributed by atoms with Gasteiger partial charge in [0.15, 0.2) is 0 Å². The van der Waals surface area contributed by atoms with Crippen molar-refractivity contribution in [3.05, 3.63) is 29.6 Å². The minimum absolute atomic E-state index is 0.145. The number of hydrogen-bond donors (Lipinski definition) is 1. The first-order chi connectivity index (χ1) is 10.1. The van der Waals surface area contributed by atoms with E-state index in [1.165, 1.54) is 6.20 Å². The van der Waals surface area contributed by atoms with Gasteiger partial charge in [-0.25, -0.2) is 0 Å². The van der Waals surface area contributed by atoms with Crippen LogP contribution in [0.3, 0.4) is 0 Å². The van der Waals surface area contributed by atoms with Gasteiger partial charge in [0.25, 0.3) is 5.91 Å². The molecule has 1 aromatic heterocycles. The molecule has 0 bridgehead atoms. The molecule has 6 nitrogen and oxygen atoms in total. The molecule has 116 valence electrons. The maximum atomic E-state index is 11.8. The Morgan fingerprint density at radius 1 is 1.33 bits per heavy atom. The third-order valence-electron chi connectivity index (χ3n) is 2.84. The van der Waals surface area contributed by atoms with Crippen LogP contribution in [-0.4, -0.2) is 36.1 Å². The summed E-state index contributed by atoms with van der Waals surface area (Å²) in [6.07, 6.45) is 2.06. The molecule has 21 heavy (non-hydrogen) atoms.